The lowest BCUT2D eigenvalue weighted by atomic mass is 10.1. The van der Waals surface area contributed by atoms with Gasteiger partial charge in [-0.2, -0.15) is 4.98 Å². The first-order valence-electron chi connectivity index (χ1n) is 10.4. The molecule has 0 amide bonds. The van der Waals surface area contributed by atoms with Crippen molar-refractivity contribution in [1.29, 1.82) is 0 Å². The zero-order chi connectivity index (χ0) is 22.0. The lowest BCUT2D eigenvalue weighted by molar-refractivity contribution is -0.384. The summed E-state index contributed by atoms with van der Waals surface area (Å²) in [6.45, 7) is 9.28. The van der Waals surface area contributed by atoms with E-state index in [0.717, 1.165) is 49.7 Å². The molecule has 0 bridgehead atoms. The first kappa shape index (κ1) is 20.9. The smallest absolute Gasteiger partial charge is 0.269 e. The largest absolute Gasteiger partial charge is 0.354 e. The van der Waals surface area contributed by atoms with E-state index in [4.69, 9.17) is 9.51 Å². The number of hydrogen-bond acceptors (Lipinski definition) is 9. The summed E-state index contributed by atoms with van der Waals surface area (Å²) in [6, 6.07) is 8.45. The topological polar surface area (TPSA) is 114 Å². The molecule has 1 atom stereocenters. The Kier molecular flexibility index (Phi) is 5.90. The van der Waals surface area contributed by atoms with Gasteiger partial charge in [-0.3, -0.25) is 15.0 Å². The standard InChI is InChI=1S/C21H25N7O3/c1-4-17-13-19(24-20(23-17)16-5-7-18(8-6-16)28(29)30)27-11-9-26(10-12-27)14(2)21-22-15(3)25-31-21/h5-8,13-14H,4,9-12H2,1-3H3. The third kappa shape index (κ3) is 4.53. The van der Waals surface area contributed by atoms with E-state index >= 15 is 0 Å². The molecule has 1 aliphatic rings. The third-order valence-corrected chi connectivity index (χ3v) is 5.55. The Labute approximate surface area is 180 Å². The van der Waals surface area contributed by atoms with Gasteiger partial charge in [-0.25, -0.2) is 9.97 Å². The Morgan fingerprint density at radius 3 is 2.42 bits per heavy atom. The van der Waals surface area contributed by atoms with Crippen LogP contribution in [-0.4, -0.2) is 56.1 Å². The summed E-state index contributed by atoms with van der Waals surface area (Å²) in [5.41, 5.74) is 1.76. The zero-order valence-electron chi connectivity index (χ0n) is 17.9. The maximum absolute atomic E-state index is 10.9. The molecule has 4 rings (SSSR count). The van der Waals surface area contributed by atoms with Crippen LogP contribution in [0.2, 0.25) is 0 Å². The van der Waals surface area contributed by atoms with Crippen molar-refractivity contribution < 1.29 is 9.45 Å². The van der Waals surface area contributed by atoms with Crippen LogP contribution in [0.3, 0.4) is 0 Å². The minimum atomic E-state index is -0.408. The number of nitro benzene ring substituents is 1. The van der Waals surface area contributed by atoms with Crippen LogP contribution in [0.25, 0.3) is 11.4 Å². The molecule has 1 unspecified atom stereocenters. The normalized spacial score (nSPS) is 15.8. The molecule has 1 saturated heterocycles. The summed E-state index contributed by atoms with van der Waals surface area (Å²) < 4.78 is 5.33. The van der Waals surface area contributed by atoms with Gasteiger partial charge in [0.2, 0.25) is 5.89 Å². The van der Waals surface area contributed by atoms with Gasteiger partial charge >= 0.3 is 0 Å². The second kappa shape index (κ2) is 8.76. The fourth-order valence-electron chi connectivity index (χ4n) is 3.66. The quantitative estimate of drug-likeness (QED) is 0.435. The maximum Gasteiger partial charge on any atom is 0.269 e. The molecule has 3 heterocycles. The van der Waals surface area contributed by atoms with Crippen LogP contribution < -0.4 is 4.90 Å². The number of benzene rings is 1. The monoisotopic (exact) mass is 423 g/mol. The summed E-state index contributed by atoms with van der Waals surface area (Å²) in [5, 5.41) is 14.8. The summed E-state index contributed by atoms with van der Waals surface area (Å²) in [4.78, 5) is 28.8. The molecule has 0 spiro atoms. The van der Waals surface area contributed by atoms with E-state index in [1.807, 2.05) is 13.0 Å². The predicted octanol–water partition coefficient (Wildman–Crippen LogP) is 3.19. The second-order valence-corrected chi connectivity index (χ2v) is 7.58. The molecule has 0 aliphatic carbocycles. The van der Waals surface area contributed by atoms with Gasteiger partial charge < -0.3 is 9.42 Å². The average Bonchev–Trinajstić information content (AvgIpc) is 3.24. The van der Waals surface area contributed by atoms with Gasteiger partial charge in [-0.15, -0.1) is 0 Å². The first-order valence-corrected chi connectivity index (χ1v) is 10.4. The van der Waals surface area contributed by atoms with E-state index in [1.54, 1.807) is 12.1 Å². The zero-order valence-corrected chi connectivity index (χ0v) is 17.9. The van der Waals surface area contributed by atoms with E-state index in [1.165, 1.54) is 12.1 Å². The van der Waals surface area contributed by atoms with E-state index in [-0.39, 0.29) is 11.7 Å². The molecule has 2 aromatic heterocycles. The molecule has 31 heavy (non-hydrogen) atoms. The molecule has 1 fully saturated rings. The number of nitro groups is 1. The molecule has 10 nitrogen and oxygen atoms in total. The van der Waals surface area contributed by atoms with Crippen molar-refractivity contribution >= 4 is 11.5 Å². The number of anilines is 1. The summed E-state index contributed by atoms with van der Waals surface area (Å²) in [6.07, 6.45) is 0.781. The molecule has 1 aromatic carbocycles. The van der Waals surface area contributed by atoms with Crippen LogP contribution in [0, 0.1) is 17.0 Å². The van der Waals surface area contributed by atoms with Crippen molar-refractivity contribution in [3.05, 3.63) is 57.9 Å². The highest BCUT2D eigenvalue weighted by atomic mass is 16.6. The van der Waals surface area contributed by atoms with Crippen LogP contribution in [0.15, 0.2) is 34.9 Å². The van der Waals surface area contributed by atoms with Gasteiger partial charge in [0.25, 0.3) is 5.69 Å². The Hall–Kier alpha value is -3.40. The SMILES string of the molecule is CCc1cc(N2CCN(C(C)c3nc(C)no3)CC2)nc(-c2ccc([N+](=O)[O-])cc2)n1. The highest BCUT2D eigenvalue weighted by Gasteiger charge is 2.26. The van der Waals surface area contributed by atoms with Crippen molar-refractivity contribution in [2.24, 2.45) is 0 Å². The molecule has 10 heteroatoms. The number of rotatable bonds is 6. The van der Waals surface area contributed by atoms with E-state index in [0.29, 0.717) is 17.5 Å². The summed E-state index contributed by atoms with van der Waals surface area (Å²) in [7, 11) is 0. The van der Waals surface area contributed by atoms with Crippen LogP contribution in [0.5, 0.6) is 0 Å². The number of piperazine rings is 1. The van der Waals surface area contributed by atoms with Gasteiger partial charge in [0, 0.05) is 55.6 Å². The minimum Gasteiger partial charge on any atom is -0.354 e. The summed E-state index contributed by atoms with van der Waals surface area (Å²) in [5.74, 6) is 2.75. The maximum atomic E-state index is 10.9. The van der Waals surface area contributed by atoms with Gasteiger partial charge in [0.05, 0.1) is 11.0 Å². The fourth-order valence-corrected chi connectivity index (χ4v) is 3.66. The van der Waals surface area contributed by atoms with Crippen molar-refractivity contribution in [2.75, 3.05) is 31.1 Å². The third-order valence-electron chi connectivity index (χ3n) is 5.55. The highest BCUT2D eigenvalue weighted by molar-refractivity contribution is 5.60. The molecule has 162 valence electrons. The Morgan fingerprint density at radius 2 is 1.84 bits per heavy atom. The molecule has 1 aliphatic heterocycles. The number of nitrogens with zero attached hydrogens (tertiary/aromatic N) is 7. The fraction of sp³-hybridized carbons (Fsp3) is 0.429. The molecular weight excluding hydrogens is 398 g/mol. The van der Waals surface area contributed by atoms with Gasteiger partial charge in [0.15, 0.2) is 11.6 Å². The number of aryl methyl sites for hydroxylation is 2. The predicted molar refractivity (Wildman–Crippen MR) is 115 cm³/mol. The molecule has 0 radical (unpaired) electrons. The second-order valence-electron chi connectivity index (χ2n) is 7.58. The lowest BCUT2D eigenvalue weighted by Gasteiger charge is -2.37. The highest BCUT2D eigenvalue weighted by Crippen LogP contribution is 2.25. The number of non-ortho nitro benzene ring substituents is 1. The van der Waals surface area contributed by atoms with Crippen LogP contribution in [-0.2, 0) is 6.42 Å². The lowest BCUT2D eigenvalue weighted by Crippen LogP contribution is -2.47. The Morgan fingerprint density at radius 1 is 1.13 bits per heavy atom. The average molecular weight is 423 g/mol. The van der Waals surface area contributed by atoms with Gasteiger partial charge in [-0.1, -0.05) is 12.1 Å². The van der Waals surface area contributed by atoms with Gasteiger partial charge in [-0.05, 0) is 32.4 Å². The van der Waals surface area contributed by atoms with Crippen LogP contribution in [0.4, 0.5) is 11.5 Å². The van der Waals surface area contributed by atoms with E-state index < -0.39 is 4.92 Å². The van der Waals surface area contributed by atoms with Crippen molar-refractivity contribution in [3.63, 3.8) is 0 Å². The Balaban J connectivity index is 1.51. The molecule has 0 N–H and O–H groups in total. The van der Waals surface area contributed by atoms with Gasteiger partial charge in [0.1, 0.15) is 5.82 Å². The number of aromatic nitrogens is 4. The molecular formula is C21H25N7O3. The minimum absolute atomic E-state index is 0.0531. The van der Waals surface area contributed by atoms with E-state index in [9.17, 15) is 10.1 Å². The first-order chi connectivity index (χ1) is 14.9. The van der Waals surface area contributed by atoms with Crippen molar-refractivity contribution in [3.8, 4) is 11.4 Å². The van der Waals surface area contributed by atoms with E-state index in [2.05, 4.69) is 38.8 Å². The van der Waals surface area contributed by atoms with Crippen LogP contribution >= 0.6 is 0 Å². The summed E-state index contributed by atoms with van der Waals surface area (Å²) >= 11 is 0. The Bertz CT molecular complexity index is 1060. The molecule has 0 saturated carbocycles. The van der Waals surface area contributed by atoms with Crippen molar-refractivity contribution in [1.82, 2.24) is 25.0 Å². The van der Waals surface area contributed by atoms with Crippen LogP contribution in [0.1, 0.15) is 37.3 Å². The van der Waals surface area contributed by atoms with Crippen molar-refractivity contribution in [2.45, 2.75) is 33.2 Å². The number of hydrogen-bond donors (Lipinski definition) is 0. The molecule has 3 aromatic rings.